The smallest absolute Gasteiger partial charge is 0.150 e. The molecule has 0 N–H and O–H groups in total. The zero-order valence-electron chi connectivity index (χ0n) is 24.2. The van der Waals surface area contributed by atoms with Crippen LogP contribution in [0.1, 0.15) is 0 Å². The number of nitrogens with zero attached hydrogens (tertiary/aromatic N) is 3. The van der Waals surface area contributed by atoms with Crippen LogP contribution in [0.15, 0.2) is 156 Å². The van der Waals surface area contributed by atoms with Gasteiger partial charge >= 0.3 is 0 Å². The van der Waals surface area contributed by atoms with Gasteiger partial charge in [-0.2, -0.15) is 0 Å². The fourth-order valence-corrected chi connectivity index (χ4v) is 7.19. The maximum Gasteiger partial charge on any atom is 0.150 e. The van der Waals surface area contributed by atoms with Crippen molar-refractivity contribution < 1.29 is 4.42 Å². The van der Waals surface area contributed by atoms with Crippen LogP contribution in [0.5, 0.6) is 0 Å². The normalized spacial score (nSPS) is 12.0. The lowest BCUT2D eigenvalue weighted by atomic mass is 10.0. The van der Waals surface area contributed by atoms with Gasteiger partial charge in [-0.05, 0) is 48.5 Å². The summed E-state index contributed by atoms with van der Waals surface area (Å²) >= 11 is 0. The average molecular weight is 576 g/mol. The molecular weight excluding hydrogens is 550 g/mol. The van der Waals surface area contributed by atoms with E-state index in [1.807, 2.05) is 18.2 Å². The molecule has 0 unspecified atom stereocenters. The van der Waals surface area contributed by atoms with E-state index in [1.165, 1.54) is 21.8 Å². The molecule has 0 radical (unpaired) electrons. The fraction of sp³-hybridized carbons (Fsp3) is 0. The van der Waals surface area contributed by atoms with Crippen molar-refractivity contribution >= 4 is 65.7 Å². The molecule has 4 nitrogen and oxygen atoms in total. The Kier molecular flexibility index (Phi) is 4.96. The maximum absolute atomic E-state index is 6.71. The minimum atomic E-state index is 0.862. The summed E-state index contributed by atoms with van der Waals surface area (Å²) in [4.78, 5) is 5.50. The maximum atomic E-state index is 6.71. The third kappa shape index (κ3) is 3.39. The van der Waals surface area contributed by atoms with Gasteiger partial charge in [0.05, 0.1) is 33.0 Å². The Hall–Kier alpha value is -6.13. The van der Waals surface area contributed by atoms with Crippen LogP contribution in [0.3, 0.4) is 0 Å². The molecule has 0 bridgehead atoms. The van der Waals surface area contributed by atoms with Gasteiger partial charge in [-0.15, -0.1) is 0 Å². The molecule has 0 saturated heterocycles. The monoisotopic (exact) mass is 575 g/mol. The summed E-state index contributed by atoms with van der Waals surface area (Å²) < 4.78 is 11.3. The van der Waals surface area contributed by atoms with E-state index in [0.29, 0.717) is 0 Å². The first-order valence-electron chi connectivity index (χ1n) is 15.2. The topological polar surface area (TPSA) is 35.9 Å². The van der Waals surface area contributed by atoms with Crippen molar-refractivity contribution in [3.8, 4) is 22.6 Å². The van der Waals surface area contributed by atoms with Crippen molar-refractivity contribution in [3.05, 3.63) is 152 Å². The van der Waals surface area contributed by atoms with E-state index in [9.17, 15) is 0 Å². The molecule has 0 aliphatic heterocycles. The summed E-state index contributed by atoms with van der Waals surface area (Å²) in [7, 11) is 0. The highest BCUT2D eigenvalue weighted by molar-refractivity contribution is 6.25. The SMILES string of the molecule is c1ccc(-n2c3ccccc3c3c4oc5ccccc5c4c(-c4ccc(-n5c6ccccc6c6ccccc65)cc4)nc32)cc1. The molecule has 210 valence electrons. The number of furan rings is 1. The molecule has 0 spiro atoms. The Labute approximate surface area is 258 Å². The van der Waals surface area contributed by atoms with Gasteiger partial charge < -0.3 is 8.98 Å². The van der Waals surface area contributed by atoms with Gasteiger partial charge in [0.15, 0.2) is 0 Å². The van der Waals surface area contributed by atoms with Crippen LogP contribution in [-0.4, -0.2) is 14.1 Å². The Morgan fingerprint density at radius 1 is 0.422 bits per heavy atom. The van der Waals surface area contributed by atoms with Gasteiger partial charge in [-0.3, -0.25) is 4.57 Å². The molecule has 0 fully saturated rings. The predicted octanol–water partition coefficient (Wildman–Crippen LogP) is 10.8. The first-order valence-corrected chi connectivity index (χ1v) is 15.2. The van der Waals surface area contributed by atoms with E-state index in [0.717, 1.165) is 66.5 Å². The van der Waals surface area contributed by atoms with Gasteiger partial charge in [0, 0.05) is 38.5 Å². The number of rotatable bonds is 3. The lowest BCUT2D eigenvalue weighted by Gasteiger charge is -2.11. The number of aromatic nitrogens is 3. The summed E-state index contributed by atoms with van der Waals surface area (Å²) in [6, 6.07) is 53.3. The molecule has 4 aromatic heterocycles. The van der Waals surface area contributed by atoms with Crippen LogP contribution in [0.4, 0.5) is 0 Å². The zero-order chi connectivity index (χ0) is 29.5. The lowest BCUT2D eigenvalue weighted by molar-refractivity contribution is 0.672. The second-order valence-electron chi connectivity index (χ2n) is 11.6. The molecule has 4 heteroatoms. The van der Waals surface area contributed by atoms with E-state index in [-0.39, 0.29) is 0 Å². The van der Waals surface area contributed by atoms with Crippen LogP contribution >= 0.6 is 0 Å². The standard InChI is InChI=1S/C41H25N3O/c1-2-12-27(13-3-1)44-35-20-10-6-16-31(35)38-40-37(32-17-7-11-21-36(32)45-40)39(42-41(38)44)26-22-24-28(25-23-26)43-33-18-8-4-14-29(33)30-15-5-9-19-34(30)43/h1-25H. The van der Waals surface area contributed by atoms with Crippen LogP contribution < -0.4 is 0 Å². The third-order valence-electron chi connectivity index (χ3n) is 9.12. The quantitative estimate of drug-likeness (QED) is 0.210. The van der Waals surface area contributed by atoms with Crippen LogP contribution in [-0.2, 0) is 0 Å². The second kappa shape index (κ2) is 9.18. The van der Waals surface area contributed by atoms with Gasteiger partial charge in [-0.25, -0.2) is 4.98 Å². The van der Waals surface area contributed by atoms with E-state index in [4.69, 9.17) is 9.40 Å². The Morgan fingerprint density at radius 3 is 1.64 bits per heavy atom. The molecule has 6 aromatic carbocycles. The number of para-hydroxylation sites is 5. The molecule has 0 atom stereocenters. The van der Waals surface area contributed by atoms with Crippen molar-refractivity contribution in [2.75, 3.05) is 0 Å². The minimum Gasteiger partial charge on any atom is -0.455 e. The summed E-state index contributed by atoms with van der Waals surface area (Å²) in [6.07, 6.45) is 0. The average Bonchev–Trinajstić information content (AvgIpc) is 3.76. The molecular formula is C41H25N3O. The molecule has 10 rings (SSSR count). The number of pyridine rings is 1. The summed E-state index contributed by atoms with van der Waals surface area (Å²) in [5.41, 5.74) is 10.3. The summed E-state index contributed by atoms with van der Waals surface area (Å²) in [6.45, 7) is 0. The highest BCUT2D eigenvalue weighted by Gasteiger charge is 2.23. The van der Waals surface area contributed by atoms with Crippen molar-refractivity contribution in [3.63, 3.8) is 0 Å². The van der Waals surface area contributed by atoms with Crippen molar-refractivity contribution in [2.24, 2.45) is 0 Å². The lowest BCUT2D eigenvalue weighted by Crippen LogP contribution is -1.97. The predicted molar refractivity (Wildman–Crippen MR) is 186 cm³/mol. The second-order valence-corrected chi connectivity index (χ2v) is 11.6. The van der Waals surface area contributed by atoms with Crippen molar-refractivity contribution in [2.45, 2.75) is 0 Å². The molecule has 0 aliphatic rings. The van der Waals surface area contributed by atoms with Gasteiger partial charge in [0.25, 0.3) is 0 Å². The Bertz CT molecular complexity index is 2690. The third-order valence-corrected chi connectivity index (χ3v) is 9.12. The van der Waals surface area contributed by atoms with E-state index < -0.39 is 0 Å². The number of hydrogen-bond acceptors (Lipinski definition) is 2. The van der Waals surface area contributed by atoms with Crippen LogP contribution in [0.2, 0.25) is 0 Å². The molecule has 4 heterocycles. The van der Waals surface area contributed by atoms with E-state index in [2.05, 4.69) is 143 Å². The Morgan fingerprint density at radius 2 is 0.956 bits per heavy atom. The first kappa shape index (κ1) is 24.3. The molecule has 45 heavy (non-hydrogen) atoms. The number of benzene rings is 6. The van der Waals surface area contributed by atoms with Crippen molar-refractivity contribution in [1.82, 2.24) is 14.1 Å². The van der Waals surface area contributed by atoms with E-state index >= 15 is 0 Å². The Balaban J connectivity index is 1.28. The molecule has 0 amide bonds. The molecule has 0 aliphatic carbocycles. The van der Waals surface area contributed by atoms with E-state index in [1.54, 1.807) is 0 Å². The summed E-state index contributed by atoms with van der Waals surface area (Å²) in [5, 5.41) is 6.78. The summed E-state index contributed by atoms with van der Waals surface area (Å²) in [5.74, 6) is 0. The zero-order valence-corrected chi connectivity index (χ0v) is 24.2. The highest BCUT2D eigenvalue weighted by atomic mass is 16.3. The largest absolute Gasteiger partial charge is 0.455 e. The van der Waals surface area contributed by atoms with Gasteiger partial charge in [0.1, 0.15) is 16.8 Å². The van der Waals surface area contributed by atoms with Crippen LogP contribution in [0.25, 0.3) is 88.3 Å². The van der Waals surface area contributed by atoms with Crippen LogP contribution in [0, 0.1) is 0 Å². The number of hydrogen-bond donors (Lipinski definition) is 0. The number of fused-ring (bicyclic) bond motifs is 10. The molecule has 10 aromatic rings. The van der Waals surface area contributed by atoms with Gasteiger partial charge in [0.2, 0.25) is 0 Å². The fourth-order valence-electron chi connectivity index (χ4n) is 7.19. The minimum absolute atomic E-state index is 0.862. The highest BCUT2D eigenvalue weighted by Crippen LogP contribution is 2.44. The van der Waals surface area contributed by atoms with Gasteiger partial charge in [-0.1, -0.05) is 103 Å². The molecule has 0 saturated carbocycles. The van der Waals surface area contributed by atoms with Crippen molar-refractivity contribution in [1.29, 1.82) is 0 Å². The first-order chi connectivity index (χ1) is 22.3.